The Kier molecular flexibility index (Phi) is 4.10. The molecule has 1 fully saturated rings. The highest BCUT2D eigenvalue weighted by molar-refractivity contribution is 6.30. The Morgan fingerprint density at radius 3 is 2.67 bits per heavy atom. The van der Waals surface area contributed by atoms with Crippen LogP contribution in [-0.2, 0) is 0 Å². The third kappa shape index (κ3) is 2.61. The van der Waals surface area contributed by atoms with Crippen molar-refractivity contribution in [2.75, 3.05) is 11.4 Å². The first-order chi connectivity index (χ1) is 8.50. The van der Waals surface area contributed by atoms with Gasteiger partial charge in [-0.1, -0.05) is 32.4 Å². The molecule has 0 aromatic carbocycles. The van der Waals surface area contributed by atoms with Gasteiger partial charge in [-0.15, -0.1) is 0 Å². The van der Waals surface area contributed by atoms with Crippen molar-refractivity contribution in [3.63, 3.8) is 0 Å². The Labute approximate surface area is 115 Å². The molecule has 2 heterocycles. The largest absolute Gasteiger partial charge is 0.354 e. The first-order valence-corrected chi connectivity index (χ1v) is 7.15. The molecule has 0 amide bonds. The molecular weight excluding hydrogens is 246 g/mol. The monoisotopic (exact) mass is 267 g/mol. The number of hydrogen-bond acceptors (Lipinski definition) is 3. The van der Waals surface area contributed by atoms with Gasteiger partial charge in [0.1, 0.15) is 17.3 Å². The minimum atomic E-state index is 0.347. The van der Waals surface area contributed by atoms with Crippen molar-refractivity contribution < 1.29 is 0 Å². The highest BCUT2D eigenvalue weighted by Crippen LogP contribution is 2.34. The number of hydrogen-bond donors (Lipinski definition) is 0. The SMILES string of the molecule is CC1CCN(c2ncnc(Cl)c2C(C)C)C(C)C1. The summed E-state index contributed by atoms with van der Waals surface area (Å²) in [5.41, 5.74) is 1.08. The molecule has 4 heteroatoms. The molecule has 0 aliphatic carbocycles. The normalized spacial score (nSPS) is 24.7. The maximum atomic E-state index is 6.24. The Morgan fingerprint density at radius 1 is 1.33 bits per heavy atom. The number of anilines is 1. The maximum Gasteiger partial charge on any atom is 0.138 e. The van der Waals surface area contributed by atoms with Crippen LogP contribution >= 0.6 is 11.6 Å². The van der Waals surface area contributed by atoms with Crippen LogP contribution in [0.3, 0.4) is 0 Å². The van der Waals surface area contributed by atoms with Crippen LogP contribution in [0.2, 0.25) is 5.15 Å². The van der Waals surface area contributed by atoms with E-state index in [-0.39, 0.29) is 0 Å². The molecule has 0 spiro atoms. The lowest BCUT2D eigenvalue weighted by Crippen LogP contribution is -2.41. The van der Waals surface area contributed by atoms with Gasteiger partial charge in [-0.05, 0) is 31.6 Å². The van der Waals surface area contributed by atoms with Crippen LogP contribution < -0.4 is 4.90 Å². The van der Waals surface area contributed by atoms with E-state index in [1.165, 1.54) is 12.8 Å². The van der Waals surface area contributed by atoms with Gasteiger partial charge in [-0.3, -0.25) is 0 Å². The Bertz CT molecular complexity index is 420. The van der Waals surface area contributed by atoms with Crippen LogP contribution in [0.25, 0.3) is 0 Å². The summed E-state index contributed by atoms with van der Waals surface area (Å²) in [6.07, 6.45) is 4.02. The smallest absolute Gasteiger partial charge is 0.138 e. The van der Waals surface area contributed by atoms with Gasteiger partial charge >= 0.3 is 0 Å². The molecule has 100 valence electrons. The van der Waals surface area contributed by atoms with E-state index in [0.29, 0.717) is 17.1 Å². The van der Waals surface area contributed by atoms with Crippen LogP contribution in [-0.4, -0.2) is 22.6 Å². The summed E-state index contributed by atoms with van der Waals surface area (Å²) in [6, 6.07) is 0.525. The second-order valence-corrected chi connectivity index (χ2v) is 6.09. The Balaban J connectivity index is 2.36. The molecule has 0 bridgehead atoms. The third-order valence-electron chi connectivity index (χ3n) is 3.80. The van der Waals surface area contributed by atoms with Crippen molar-refractivity contribution in [3.8, 4) is 0 Å². The van der Waals surface area contributed by atoms with Gasteiger partial charge in [0.2, 0.25) is 0 Å². The fourth-order valence-electron chi connectivity index (χ4n) is 2.81. The molecule has 2 unspecified atom stereocenters. The molecule has 1 aliphatic heterocycles. The van der Waals surface area contributed by atoms with Gasteiger partial charge in [0.25, 0.3) is 0 Å². The Hall–Kier alpha value is -0.830. The topological polar surface area (TPSA) is 29.0 Å². The van der Waals surface area contributed by atoms with E-state index in [9.17, 15) is 0 Å². The molecule has 1 aromatic rings. The first-order valence-electron chi connectivity index (χ1n) is 6.77. The van der Waals surface area contributed by atoms with Crippen molar-refractivity contribution in [3.05, 3.63) is 17.0 Å². The highest BCUT2D eigenvalue weighted by atomic mass is 35.5. The summed E-state index contributed by atoms with van der Waals surface area (Å²) < 4.78 is 0. The van der Waals surface area contributed by atoms with Crippen LogP contribution in [0.5, 0.6) is 0 Å². The maximum absolute atomic E-state index is 6.24. The molecule has 3 nitrogen and oxygen atoms in total. The molecule has 0 N–H and O–H groups in total. The summed E-state index contributed by atoms with van der Waals surface area (Å²) in [5, 5.41) is 0.598. The summed E-state index contributed by atoms with van der Waals surface area (Å²) in [6.45, 7) is 9.95. The Morgan fingerprint density at radius 2 is 2.06 bits per heavy atom. The van der Waals surface area contributed by atoms with Gasteiger partial charge < -0.3 is 4.90 Å². The molecule has 1 aliphatic rings. The van der Waals surface area contributed by atoms with Crippen LogP contribution in [0.4, 0.5) is 5.82 Å². The fourth-order valence-corrected chi connectivity index (χ4v) is 3.16. The molecule has 2 atom stereocenters. The van der Waals surface area contributed by atoms with Crippen LogP contribution in [0.15, 0.2) is 6.33 Å². The molecule has 0 radical (unpaired) electrons. The predicted octanol–water partition coefficient (Wildman–Crippen LogP) is 3.88. The second kappa shape index (κ2) is 5.43. The van der Waals surface area contributed by atoms with E-state index in [0.717, 1.165) is 23.8 Å². The summed E-state index contributed by atoms with van der Waals surface area (Å²) in [5.74, 6) is 2.18. The van der Waals surface area contributed by atoms with Crippen molar-refractivity contribution in [1.82, 2.24) is 9.97 Å². The summed E-state index contributed by atoms with van der Waals surface area (Å²) >= 11 is 6.24. The van der Waals surface area contributed by atoms with Crippen molar-refractivity contribution in [2.24, 2.45) is 5.92 Å². The van der Waals surface area contributed by atoms with E-state index in [4.69, 9.17) is 11.6 Å². The lowest BCUT2D eigenvalue weighted by Gasteiger charge is -2.38. The number of rotatable bonds is 2. The second-order valence-electron chi connectivity index (χ2n) is 5.73. The average molecular weight is 268 g/mol. The standard InChI is InChI=1S/C14H22ClN3/c1-9(2)12-13(15)16-8-17-14(12)18-6-5-10(3)7-11(18)4/h8-11H,5-7H2,1-4H3. The molecular formula is C14H22ClN3. The quantitative estimate of drug-likeness (QED) is 0.762. The van der Waals surface area contributed by atoms with E-state index in [1.807, 2.05) is 0 Å². The molecule has 2 rings (SSSR count). The highest BCUT2D eigenvalue weighted by Gasteiger charge is 2.27. The van der Waals surface area contributed by atoms with E-state index < -0.39 is 0 Å². The zero-order chi connectivity index (χ0) is 13.3. The fraction of sp³-hybridized carbons (Fsp3) is 0.714. The summed E-state index contributed by atoms with van der Waals surface area (Å²) in [7, 11) is 0. The van der Waals surface area contributed by atoms with Crippen molar-refractivity contribution in [1.29, 1.82) is 0 Å². The number of piperidine rings is 1. The number of halogens is 1. The lowest BCUT2D eigenvalue weighted by atomic mass is 9.92. The van der Waals surface area contributed by atoms with E-state index in [1.54, 1.807) is 6.33 Å². The predicted molar refractivity (Wildman–Crippen MR) is 76.3 cm³/mol. The van der Waals surface area contributed by atoms with Gasteiger partial charge in [-0.2, -0.15) is 0 Å². The first kappa shape index (κ1) is 13.6. The molecule has 18 heavy (non-hydrogen) atoms. The zero-order valence-electron chi connectivity index (χ0n) is 11.7. The van der Waals surface area contributed by atoms with E-state index >= 15 is 0 Å². The number of aromatic nitrogens is 2. The van der Waals surface area contributed by atoms with Gasteiger partial charge in [0.15, 0.2) is 0 Å². The molecule has 0 saturated carbocycles. The van der Waals surface area contributed by atoms with Crippen LogP contribution in [0.1, 0.15) is 52.0 Å². The summed E-state index contributed by atoms with van der Waals surface area (Å²) in [4.78, 5) is 11.0. The molecule has 1 saturated heterocycles. The lowest BCUT2D eigenvalue weighted by molar-refractivity contribution is 0.375. The third-order valence-corrected chi connectivity index (χ3v) is 4.10. The van der Waals surface area contributed by atoms with E-state index in [2.05, 4.69) is 42.6 Å². The minimum Gasteiger partial charge on any atom is -0.354 e. The van der Waals surface area contributed by atoms with Gasteiger partial charge in [-0.25, -0.2) is 9.97 Å². The minimum absolute atomic E-state index is 0.347. The zero-order valence-corrected chi connectivity index (χ0v) is 12.4. The average Bonchev–Trinajstić information content (AvgIpc) is 2.28. The van der Waals surface area contributed by atoms with Gasteiger partial charge in [0, 0.05) is 18.2 Å². The van der Waals surface area contributed by atoms with Crippen molar-refractivity contribution >= 4 is 17.4 Å². The van der Waals surface area contributed by atoms with Crippen LogP contribution in [0, 0.1) is 5.92 Å². The van der Waals surface area contributed by atoms with Gasteiger partial charge in [0.05, 0.1) is 0 Å². The number of nitrogens with zero attached hydrogens (tertiary/aromatic N) is 3. The molecule has 1 aromatic heterocycles. The van der Waals surface area contributed by atoms with Crippen molar-refractivity contribution in [2.45, 2.75) is 52.5 Å².